The minimum Gasteiger partial charge on any atom is -0.489 e. The summed E-state index contributed by atoms with van der Waals surface area (Å²) in [6, 6.07) is 10.2. The average molecular weight is 561 g/mol. The van der Waals surface area contributed by atoms with Crippen LogP contribution in [0.2, 0.25) is 0 Å². The highest BCUT2D eigenvalue weighted by Gasteiger charge is 2.41. The van der Waals surface area contributed by atoms with Gasteiger partial charge in [-0.25, -0.2) is 4.98 Å². The Morgan fingerprint density at radius 2 is 1.85 bits per heavy atom. The lowest BCUT2D eigenvalue weighted by Gasteiger charge is -2.34. The maximum absolute atomic E-state index is 12.7. The molecule has 0 atom stereocenters. The zero-order valence-electron chi connectivity index (χ0n) is 21.2. The Kier molecular flexibility index (Phi) is 7.43. The van der Waals surface area contributed by atoms with E-state index in [-0.39, 0.29) is 43.0 Å². The minimum absolute atomic E-state index is 0.0465. The fourth-order valence-electron chi connectivity index (χ4n) is 4.63. The molecule has 0 saturated carbocycles. The molecule has 2 saturated heterocycles. The van der Waals surface area contributed by atoms with Gasteiger partial charge in [-0.1, -0.05) is 12.1 Å². The van der Waals surface area contributed by atoms with Crippen LogP contribution in [0.5, 0.6) is 11.5 Å². The second-order valence-corrected chi connectivity index (χ2v) is 9.81. The van der Waals surface area contributed by atoms with Crippen LogP contribution in [0.1, 0.15) is 34.6 Å². The Morgan fingerprint density at radius 3 is 2.45 bits per heavy atom. The molecule has 2 amide bonds. The van der Waals surface area contributed by atoms with E-state index in [9.17, 15) is 27.9 Å². The number of nitrogens with two attached hydrogens (primary N) is 1. The Bertz CT molecular complexity index is 1380. The molecule has 0 unspecified atom stereocenters. The van der Waals surface area contributed by atoms with E-state index < -0.39 is 17.9 Å². The maximum Gasteiger partial charge on any atom is 0.573 e. The van der Waals surface area contributed by atoms with Gasteiger partial charge in [-0.05, 0) is 35.9 Å². The summed E-state index contributed by atoms with van der Waals surface area (Å²) < 4.78 is 52.0. The number of alkyl halides is 3. The van der Waals surface area contributed by atoms with Crippen molar-refractivity contribution in [1.29, 1.82) is 0 Å². The average Bonchev–Trinajstić information content (AvgIpc) is 3.39. The van der Waals surface area contributed by atoms with Gasteiger partial charge in [-0.15, -0.1) is 13.2 Å². The minimum atomic E-state index is -4.77. The molecule has 0 spiro atoms. The van der Waals surface area contributed by atoms with E-state index >= 15 is 0 Å². The predicted molar refractivity (Wildman–Crippen MR) is 134 cm³/mol. The van der Waals surface area contributed by atoms with E-state index in [1.165, 1.54) is 24.3 Å². The van der Waals surface area contributed by atoms with Gasteiger partial charge in [0.2, 0.25) is 5.91 Å². The van der Waals surface area contributed by atoms with Gasteiger partial charge in [0.25, 0.3) is 5.91 Å². The summed E-state index contributed by atoms with van der Waals surface area (Å²) >= 11 is 0. The lowest BCUT2D eigenvalue weighted by atomic mass is 10.0. The van der Waals surface area contributed by atoms with Crippen molar-refractivity contribution in [2.24, 2.45) is 5.73 Å². The van der Waals surface area contributed by atoms with Crippen LogP contribution in [0.15, 0.2) is 48.7 Å². The Hall–Kier alpha value is -4.10. The van der Waals surface area contributed by atoms with Gasteiger partial charge in [-0.3, -0.25) is 9.59 Å². The number of nitrogens with one attached hydrogen (secondary N) is 1. The van der Waals surface area contributed by atoms with Crippen LogP contribution in [-0.2, 0) is 21.6 Å². The largest absolute Gasteiger partial charge is 0.573 e. The van der Waals surface area contributed by atoms with E-state index in [0.717, 1.165) is 0 Å². The van der Waals surface area contributed by atoms with E-state index in [2.05, 4.69) is 14.7 Å². The number of halogens is 3. The second-order valence-electron chi connectivity index (χ2n) is 9.81. The number of aromatic amines is 1. The van der Waals surface area contributed by atoms with Crippen molar-refractivity contribution in [3.05, 3.63) is 65.6 Å². The summed E-state index contributed by atoms with van der Waals surface area (Å²) in [5, 5.41) is 10.4. The summed E-state index contributed by atoms with van der Waals surface area (Å²) in [5.74, 6) is -0.456. The molecule has 3 aromatic rings. The highest BCUT2D eigenvalue weighted by molar-refractivity contribution is 5.97. The third kappa shape index (κ3) is 6.20. The third-order valence-electron chi connectivity index (χ3n) is 6.85. The summed E-state index contributed by atoms with van der Waals surface area (Å²) in [6.07, 6.45) is -2.38. The number of benzene rings is 2. The summed E-state index contributed by atoms with van der Waals surface area (Å²) in [7, 11) is 0. The van der Waals surface area contributed by atoms with Crippen molar-refractivity contribution >= 4 is 11.8 Å². The number of hydrogen-bond donors (Lipinski definition) is 3. The van der Waals surface area contributed by atoms with Crippen LogP contribution < -0.4 is 15.2 Å². The highest BCUT2D eigenvalue weighted by atomic mass is 19.4. The maximum atomic E-state index is 12.7. The smallest absolute Gasteiger partial charge is 0.489 e. The third-order valence-corrected chi connectivity index (χ3v) is 6.85. The van der Waals surface area contributed by atoms with Gasteiger partial charge in [0.1, 0.15) is 23.4 Å². The number of imidazole rings is 1. The zero-order chi connectivity index (χ0) is 28.5. The number of aliphatic hydroxyl groups is 1. The fourth-order valence-corrected chi connectivity index (χ4v) is 4.63. The Morgan fingerprint density at radius 1 is 1.15 bits per heavy atom. The predicted octanol–water partition coefficient (Wildman–Crippen LogP) is 2.90. The van der Waals surface area contributed by atoms with Crippen LogP contribution in [0, 0.1) is 0 Å². The lowest BCUT2D eigenvalue weighted by Crippen LogP contribution is -2.47. The van der Waals surface area contributed by atoms with E-state index in [4.69, 9.17) is 15.2 Å². The molecule has 2 fully saturated rings. The molecule has 4 N–H and O–H groups in total. The van der Waals surface area contributed by atoms with E-state index in [1.54, 1.807) is 29.3 Å². The van der Waals surface area contributed by atoms with E-state index in [0.29, 0.717) is 54.3 Å². The van der Waals surface area contributed by atoms with Crippen LogP contribution in [-0.4, -0.2) is 70.6 Å². The first kappa shape index (κ1) is 27.5. The molecule has 0 bridgehead atoms. The van der Waals surface area contributed by atoms with Gasteiger partial charge in [0.15, 0.2) is 5.60 Å². The van der Waals surface area contributed by atoms with Crippen molar-refractivity contribution in [3.8, 4) is 22.8 Å². The number of aromatic nitrogens is 2. The lowest BCUT2D eigenvalue weighted by molar-refractivity contribution is -0.274. The molecule has 3 heterocycles. The zero-order valence-corrected chi connectivity index (χ0v) is 21.2. The first-order valence-electron chi connectivity index (χ1n) is 12.6. The number of ether oxygens (including phenoxy) is 3. The SMILES string of the molecule is NC(=O)c1cc(-c2cnc(C3(O)COC3)[nH]2)ccc1OC1CCN(C(=O)Cc2ccc(OC(F)(F)F)cc2)CC1. The topological polar surface area (TPSA) is 140 Å². The van der Waals surface area contributed by atoms with Gasteiger partial charge < -0.3 is 34.9 Å². The first-order valence-corrected chi connectivity index (χ1v) is 12.6. The molecule has 5 rings (SSSR count). The Labute approximate surface area is 226 Å². The number of H-pyrrole nitrogens is 1. The number of carbonyl (C=O) groups excluding carboxylic acids is 2. The summed E-state index contributed by atoms with van der Waals surface area (Å²) in [5.41, 5.74) is 6.48. The molecular weight excluding hydrogens is 533 g/mol. The molecule has 13 heteroatoms. The number of carbonyl (C=O) groups is 2. The molecule has 2 aromatic carbocycles. The van der Waals surface area contributed by atoms with Crippen LogP contribution in [0.25, 0.3) is 11.3 Å². The number of amides is 2. The van der Waals surface area contributed by atoms with Crippen molar-refractivity contribution in [2.75, 3.05) is 26.3 Å². The number of likely N-dealkylation sites (tertiary alicyclic amines) is 1. The van der Waals surface area contributed by atoms with E-state index in [1.807, 2.05) is 0 Å². The molecule has 0 radical (unpaired) electrons. The van der Waals surface area contributed by atoms with Gasteiger partial charge in [-0.2, -0.15) is 0 Å². The number of hydrogen-bond acceptors (Lipinski definition) is 7. The fraction of sp³-hybridized carbons (Fsp3) is 0.370. The molecule has 0 aliphatic carbocycles. The van der Waals surface area contributed by atoms with Crippen molar-refractivity contribution in [2.45, 2.75) is 37.3 Å². The molecule has 2 aliphatic heterocycles. The number of nitrogens with zero attached hydrogens (tertiary/aromatic N) is 2. The quantitative estimate of drug-likeness (QED) is 0.385. The Balaban J connectivity index is 1.17. The van der Waals surface area contributed by atoms with Gasteiger partial charge in [0.05, 0.1) is 37.1 Å². The highest BCUT2D eigenvalue weighted by Crippen LogP contribution is 2.32. The van der Waals surface area contributed by atoms with Crippen molar-refractivity contribution in [3.63, 3.8) is 0 Å². The van der Waals surface area contributed by atoms with Gasteiger partial charge in [0, 0.05) is 31.5 Å². The number of piperidine rings is 1. The molecular formula is C27H27F3N4O6. The van der Waals surface area contributed by atoms with Crippen molar-refractivity contribution < 1.29 is 42.1 Å². The van der Waals surface area contributed by atoms with Crippen LogP contribution in [0.3, 0.4) is 0 Å². The monoisotopic (exact) mass is 560 g/mol. The second kappa shape index (κ2) is 10.8. The number of primary amides is 1. The molecule has 1 aromatic heterocycles. The molecule has 40 heavy (non-hydrogen) atoms. The van der Waals surface area contributed by atoms with Gasteiger partial charge >= 0.3 is 6.36 Å². The van der Waals surface area contributed by atoms with Crippen LogP contribution >= 0.6 is 0 Å². The van der Waals surface area contributed by atoms with Crippen molar-refractivity contribution in [1.82, 2.24) is 14.9 Å². The standard InChI is InChI=1S/C27H27F3N4O6/c28-27(29,30)40-19-4-1-16(2-5-19)11-23(35)34-9-7-18(8-10-34)39-22-6-3-17(12-20(22)24(31)36)21-13-32-25(33-21)26(37)14-38-15-26/h1-6,12-13,18,37H,7-11,14-15H2,(H2,31,36)(H,32,33). The normalized spacial score (nSPS) is 17.2. The van der Waals surface area contributed by atoms with Crippen LogP contribution in [0.4, 0.5) is 13.2 Å². The first-order chi connectivity index (χ1) is 19.0. The molecule has 212 valence electrons. The number of rotatable bonds is 8. The molecule has 10 nitrogen and oxygen atoms in total. The summed E-state index contributed by atoms with van der Waals surface area (Å²) in [6.45, 7) is 1.15. The summed E-state index contributed by atoms with van der Waals surface area (Å²) in [4.78, 5) is 33.9. The molecule has 2 aliphatic rings.